The molecule has 0 nitrogen and oxygen atoms in total. The summed E-state index contributed by atoms with van der Waals surface area (Å²) in [4.78, 5) is 0. The van der Waals surface area contributed by atoms with Crippen molar-refractivity contribution in [1.29, 1.82) is 0 Å². The molecule has 8 aromatic rings. The van der Waals surface area contributed by atoms with E-state index < -0.39 is 71.9 Å². The first-order valence-electron chi connectivity index (χ1n) is 19.4. The lowest BCUT2D eigenvalue weighted by molar-refractivity contribution is 0.715. The Morgan fingerprint density at radius 1 is 0.476 bits per heavy atom. The van der Waals surface area contributed by atoms with Gasteiger partial charge in [0.2, 0.25) is 0 Å². The summed E-state index contributed by atoms with van der Waals surface area (Å²) in [6.45, 7) is 2.16. The summed E-state index contributed by atoms with van der Waals surface area (Å²) >= 11 is 0. The van der Waals surface area contributed by atoms with Crippen LogP contribution >= 0.6 is 0 Å². The van der Waals surface area contributed by atoms with E-state index in [0.717, 1.165) is 38.6 Å². The standard InChI is InChI=1S/C42H28/c1-42(31-16-3-2-4-17-31)38-21-11-20-35(41(38)37-24-28-13-5-6-14-29(28)26-39(37)42)40-33-19-10-8-15-30(33)25-36-32-18-9-7-12-27(32)22-23-34(36)40/h2-26H,1H3/i7D,8D,9D,10D,12D,15D,18D,19D,22D,23D,25D. The van der Waals surface area contributed by atoms with Gasteiger partial charge in [0, 0.05) is 5.41 Å². The van der Waals surface area contributed by atoms with Crippen molar-refractivity contribution in [2.45, 2.75) is 12.3 Å². The van der Waals surface area contributed by atoms with Crippen LogP contribution in [-0.4, -0.2) is 0 Å². The van der Waals surface area contributed by atoms with Crippen molar-refractivity contribution >= 4 is 43.1 Å². The van der Waals surface area contributed by atoms with Crippen molar-refractivity contribution in [3.8, 4) is 22.3 Å². The molecular formula is C42H28. The topological polar surface area (TPSA) is 0 Å². The van der Waals surface area contributed by atoms with Crippen molar-refractivity contribution < 1.29 is 15.1 Å². The van der Waals surface area contributed by atoms with Crippen molar-refractivity contribution in [3.63, 3.8) is 0 Å². The van der Waals surface area contributed by atoms with Crippen LogP contribution in [0.1, 0.15) is 38.7 Å². The number of benzene rings is 8. The summed E-state index contributed by atoms with van der Waals surface area (Å²) < 4.78 is 98.5. The van der Waals surface area contributed by atoms with Gasteiger partial charge in [-0.3, -0.25) is 0 Å². The van der Waals surface area contributed by atoms with Crippen LogP contribution in [-0.2, 0) is 5.41 Å². The minimum absolute atomic E-state index is 0.00522. The first-order chi connectivity index (χ1) is 25.3. The molecule has 1 unspecified atom stereocenters. The summed E-state index contributed by atoms with van der Waals surface area (Å²) in [5.41, 5.74) is 4.68. The highest BCUT2D eigenvalue weighted by Crippen LogP contribution is 2.57. The number of rotatable bonds is 2. The fraction of sp³-hybridized carbons (Fsp3) is 0.0476. The Balaban J connectivity index is 1.59. The predicted molar refractivity (Wildman–Crippen MR) is 179 cm³/mol. The second-order valence-corrected chi connectivity index (χ2v) is 11.0. The SMILES string of the molecule is [2H]c1c([2H])c([2H])c2c([2H])c3c(c([2H])c([2H])c4c([2H])c([2H])c([2H])c([2H])c43)c(-c3cccc4c3-c3cc5ccccc5cc3C4(C)c3ccccc3)c2c1[2H]. The van der Waals surface area contributed by atoms with Gasteiger partial charge in [-0.05, 0) is 107 Å². The maximum Gasteiger partial charge on any atom is 0.0636 e. The molecule has 9 rings (SSSR count). The average Bonchev–Trinajstić information content (AvgIpc) is 3.42. The van der Waals surface area contributed by atoms with Gasteiger partial charge < -0.3 is 0 Å². The maximum absolute atomic E-state index is 9.53. The Morgan fingerprint density at radius 3 is 2.02 bits per heavy atom. The quantitative estimate of drug-likeness (QED) is 0.150. The van der Waals surface area contributed by atoms with Gasteiger partial charge in [0.05, 0.1) is 15.1 Å². The van der Waals surface area contributed by atoms with Crippen molar-refractivity contribution in [2.75, 3.05) is 0 Å². The van der Waals surface area contributed by atoms with Crippen molar-refractivity contribution in [1.82, 2.24) is 0 Å². The van der Waals surface area contributed by atoms with E-state index >= 15 is 0 Å². The van der Waals surface area contributed by atoms with E-state index in [4.69, 9.17) is 9.60 Å². The molecule has 0 radical (unpaired) electrons. The molecule has 1 aliphatic carbocycles. The van der Waals surface area contributed by atoms with Crippen LogP contribution in [0.2, 0.25) is 0 Å². The van der Waals surface area contributed by atoms with Crippen molar-refractivity contribution in [3.05, 3.63) is 168 Å². The van der Waals surface area contributed by atoms with Crippen LogP contribution in [0.15, 0.2) is 151 Å². The van der Waals surface area contributed by atoms with Gasteiger partial charge in [-0.15, -0.1) is 0 Å². The third kappa shape index (κ3) is 3.12. The highest BCUT2D eigenvalue weighted by Gasteiger charge is 2.42. The fourth-order valence-corrected chi connectivity index (χ4v) is 6.89. The molecule has 1 atom stereocenters. The normalized spacial score (nSPS) is 19.5. The van der Waals surface area contributed by atoms with Gasteiger partial charge in [0.25, 0.3) is 0 Å². The molecule has 0 fully saturated rings. The van der Waals surface area contributed by atoms with E-state index in [1.165, 1.54) is 0 Å². The lowest BCUT2D eigenvalue weighted by Gasteiger charge is -2.28. The van der Waals surface area contributed by atoms with Crippen LogP contribution in [0.5, 0.6) is 0 Å². The molecule has 42 heavy (non-hydrogen) atoms. The molecule has 0 saturated heterocycles. The third-order valence-electron chi connectivity index (χ3n) is 8.85. The summed E-state index contributed by atoms with van der Waals surface area (Å²) in [7, 11) is 0. The summed E-state index contributed by atoms with van der Waals surface area (Å²) in [6, 6.07) is 22.8. The molecule has 0 amide bonds. The summed E-state index contributed by atoms with van der Waals surface area (Å²) in [5.74, 6) is 0. The molecule has 0 aliphatic heterocycles. The second-order valence-electron chi connectivity index (χ2n) is 11.0. The first-order valence-corrected chi connectivity index (χ1v) is 13.9. The molecule has 0 aromatic heterocycles. The van der Waals surface area contributed by atoms with E-state index in [1.54, 1.807) is 0 Å². The Morgan fingerprint density at radius 2 is 1.19 bits per heavy atom. The van der Waals surface area contributed by atoms with E-state index in [9.17, 15) is 5.48 Å². The van der Waals surface area contributed by atoms with Gasteiger partial charge in [0.1, 0.15) is 0 Å². The molecule has 0 bridgehead atoms. The molecule has 0 heterocycles. The predicted octanol–water partition coefficient (Wildman–Crippen LogP) is 11.3. The third-order valence-corrected chi connectivity index (χ3v) is 8.85. The second kappa shape index (κ2) is 8.65. The van der Waals surface area contributed by atoms with Crippen LogP contribution in [0.3, 0.4) is 0 Å². The maximum atomic E-state index is 9.53. The number of hydrogen-bond acceptors (Lipinski definition) is 0. The Labute approximate surface area is 261 Å². The largest absolute Gasteiger partial charge is 0.0636 e. The van der Waals surface area contributed by atoms with Crippen LogP contribution in [0.4, 0.5) is 0 Å². The number of fused-ring (bicyclic) bond motifs is 8. The van der Waals surface area contributed by atoms with E-state index in [-0.39, 0.29) is 37.9 Å². The van der Waals surface area contributed by atoms with E-state index in [2.05, 4.69) is 37.3 Å². The van der Waals surface area contributed by atoms with E-state index in [0.29, 0.717) is 5.56 Å². The Kier molecular flexibility index (Phi) is 3.12. The zero-order valence-electron chi connectivity index (χ0n) is 33.6. The molecule has 0 saturated carbocycles. The fourth-order valence-electron chi connectivity index (χ4n) is 6.89. The molecule has 0 N–H and O–H groups in total. The zero-order valence-corrected chi connectivity index (χ0v) is 22.6. The van der Waals surface area contributed by atoms with Gasteiger partial charge in [-0.1, -0.05) is 133 Å². The Bertz CT molecular complexity index is 2970. The lowest BCUT2D eigenvalue weighted by atomic mass is 9.73. The summed E-state index contributed by atoms with van der Waals surface area (Å²) in [6.07, 6.45) is 0. The lowest BCUT2D eigenvalue weighted by Crippen LogP contribution is -2.22. The van der Waals surface area contributed by atoms with Crippen LogP contribution < -0.4 is 0 Å². The van der Waals surface area contributed by atoms with Gasteiger partial charge in [-0.25, -0.2) is 0 Å². The van der Waals surface area contributed by atoms with Gasteiger partial charge in [0.15, 0.2) is 0 Å². The molecule has 0 heteroatoms. The monoisotopic (exact) mass is 543 g/mol. The molecule has 1 aliphatic rings. The van der Waals surface area contributed by atoms with Gasteiger partial charge in [-0.2, -0.15) is 0 Å². The Hall–Kier alpha value is -5.20. The highest BCUT2D eigenvalue weighted by atomic mass is 14.4. The minimum atomic E-state index is -0.678. The summed E-state index contributed by atoms with van der Waals surface area (Å²) in [5, 5.41) is 1.48. The van der Waals surface area contributed by atoms with Gasteiger partial charge >= 0.3 is 0 Å². The number of hydrogen-bond donors (Lipinski definition) is 0. The average molecular weight is 544 g/mol. The highest BCUT2D eigenvalue weighted by molar-refractivity contribution is 6.21. The molecule has 0 spiro atoms. The molecule has 8 aromatic carbocycles. The first kappa shape index (κ1) is 15.1. The molecular weight excluding hydrogens is 504 g/mol. The minimum Gasteiger partial charge on any atom is -0.0622 e. The van der Waals surface area contributed by atoms with E-state index in [1.807, 2.05) is 54.6 Å². The van der Waals surface area contributed by atoms with Crippen molar-refractivity contribution in [2.24, 2.45) is 0 Å². The smallest absolute Gasteiger partial charge is 0.0622 e. The zero-order chi connectivity index (χ0) is 37.4. The van der Waals surface area contributed by atoms with Crippen LogP contribution in [0, 0.1) is 0 Å². The molecule has 196 valence electrons. The van der Waals surface area contributed by atoms with Crippen LogP contribution in [0.25, 0.3) is 65.3 Å².